The van der Waals surface area contributed by atoms with Crippen molar-refractivity contribution in [3.8, 4) is 5.75 Å². The molecular formula is C25H27N3O3. The molecule has 0 saturated heterocycles. The standard InChI is InChI=1S/C25H27N3O3/c1-14-5-10-21(26-13-14)28-25(30)22-16(3)27-19-11-15(2)12-20(29)24(19)23(22)17-6-8-18(31-4)9-7-17/h5-10,13,15,22-23H,11-12H2,1-4H3,(H,26,28,30)/t15-,22?,23-/m1/s1. The van der Waals surface area contributed by atoms with E-state index in [2.05, 4.69) is 17.2 Å². The van der Waals surface area contributed by atoms with Crippen LogP contribution in [0, 0.1) is 18.8 Å². The van der Waals surface area contributed by atoms with Gasteiger partial charge in [0.25, 0.3) is 0 Å². The molecule has 1 amide bonds. The molecule has 0 saturated carbocycles. The third kappa shape index (κ3) is 4.15. The lowest BCUT2D eigenvalue weighted by Gasteiger charge is -2.36. The second-order valence-corrected chi connectivity index (χ2v) is 8.49. The molecule has 1 aliphatic carbocycles. The molecule has 2 aliphatic rings. The summed E-state index contributed by atoms with van der Waals surface area (Å²) < 4.78 is 5.29. The average Bonchev–Trinajstić information content (AvgIpc) is 2.74. The number of nitrogens with zero attached hydrogens (tertiary/aromatic N) is 2. The van der Waals surface area contributed by atoms with E-state index in [1.165, 1.54) is 0 Å². The summed E-state index contributed by atoms with van der Waals surface area (Å²) in [6.45, 7) is 5.88. The predicted molar refractivity (Wildman–Crippen MR) is 120 cm³/mol. The van der Waals surface area contributed by atoms with Crippen molar-refractivity contribution in [3.63, 3.8) is 0 Å². The van der Waals surface area contributed by atoms with Gasteiger partial charge in [-0.2, -0.15) is 0 Å². The van der Waals surface area contributed by atoms with Crippen molar-refractivity contribution in [1.82, 2.24) is 4.98 Å². The van der Waals surface area contributed by atoms with Crippen LogP contribution in [0.1, 0.15) is 43.7 Å². The summed E-state index contributed by atoms with van der Waals surface area (Å²) in [5, 5.41) is 2.92. The Balaban J connectivity index is 1.76. The first kappa shape index (κ1) is 21.0. The lowest BCUT2D eigenvalue weighted by Crippen LogP contribution is -2.39. The number of pyridine rings is 1. The molecule has 4 rings (SSSR count). The van der Waals surface area contributed by atoms with E-state index in [-0.39, 0.29) is 23.5 Å². The van der Waals surface area contributed by atoms with Gasteiger partial charge in [-0.05, 0) is 55.5 Å². The Labute approximate surface area is 182 Å². The number of ether oxygens (including phenoxy) is 1. The van der Waals surface area contributed by atoms with Gasteiger partial charge in [0, 0.05) is 35.5 Å². The van der Waals surface area contributed by atoms with Crippen LogP contribution in [0.15, 0.2) is 58.9 Å². The number of ketones is 1. The van der Waals surface area contributed by atoms with E-state index in [4.69, 9.17) is 9.73 Å². The maximum Gasteiger partial charge on any atom is 0.235 e. The van der Waals surface area contributed by atoms with Crippen molar-refractivity contribution in [2.24, 2.45) is 16.8 Å². The molecule has 1 N–H and O–H groups in total. The fraction of sp³-hybridized carbons (Fsp3) is 0.360. The minimum atomic E-state index is -0.590. The van der Waals surface area contributed by atoms with Crippen LogP contribution in [-0.4, -0.2) is 29.5 Å². The number of amides is 1. The van der Waals surface area contributed by atoms with Gasteiger partial charge in [0.1, 0.15) is 11.6 Å². The minimum absolute atomic E-state index is 0.0806. The summed E-state index contributed by atoms with van der Waals surface area (Å²) in [4.78, 5) is 35.6. The number of carbonyl (C=O) groups excluding carboxylic acids is 2. The molecule has 160 valence electrons. The summed E-state index contributed by atoms with van der Waals surface area (Å²) in [6, 6.07) is 11.3. The Kier molecular flexibility index (Phi) is 5.72. The molecule has 1 aromatic carbocycles. The van der Waals surface area contributed by atoms with Gasteiger partial charge in [0.15, 0.2) is 5.78 Å². The van der Waals surface area contributed by atoms with E-state index in [9.17, 15) is 9.59 Å². The van der Waals surface area contributed by atoms with E-state index in [1.54, 1.807) is 19.4 Å². The van der Waals surface area contributed by atoms with Gasteiger partial charge < -0.3 is 10.1 Å². The number of nitrogens with one attached hydrogen (secondary N) is 1. The largest absolute Gasteiger partial charge is 0.497 e. The topological polar surface area (TPSA) is 80.6 Å². The monoisotopic (exact) mass is 417 g/mol. The zero-order valence-corrected chi connectivity index (χ0v) is 18.3. The van der Waals surface area contributed by atoms with Gasteiger partial charge in [-0.3, -0.25) is 14.6 Å². The Morgan fingerprint density at radius 3 is 2.48 bits per heavy atom. The molecule has 0 fully saturated rings. The van der Waals surface area contributed by atoms with E-state index >= 15 is 0 Å². The smallest absolute Gasteiger partial charge is 0.235 e. The van der Waals surface area contributed by atoms with Crippen LogP contribution >= 0.6 is 0 Å². The second-order valence-electron chi connectivity index (χ2n) is 8.49. The highest BCUT2D eigenvalue weighted by Crippen LogP contribution is 2.44. The Bertz CT molecular complexity index is 1070. The Morgan fingerprint density at radius 2 is 1.84 bits per heavy atom. The van der Waals surface area contributed by atoms with Crippen molar-refractivity contribution >= 4 is 23.2 Å². The quantitative estimate of drug-likeness (QED) is 0.796. The van der Waals surface area contributed by atoms with E-state index in [0.29, 0.717) is 23.5 Å². The SMILES string of the molecule is COc1ccc([C@H]2C3=C(C[C@@H](C)CC3=O)N=C(C)C2C(=O)Nc2ccc(C)cn2)cc1. The van der Waals surface area contributed by atoms with Crippen LogP contribution in [0.5, 0.6) is 5.75 Å². The third-order valence-corrected chi connectivity index (χ3v) is 6.01. The second kappa shape index (κ2) is 8.46. The van der Waals surface area contributed by atoms with Gasteiger partial charge in [0.05, 0.1) is 13.0 Å². The number of rotatable bonds is 4. The molecule has 31 heavy (non-hydrogen) atoms. The number of hydrogen-bond acceptors (Lipinski definition) is 5. The fourth-order valence-corrected chi connectivity index (χ4v) is 4.51. The van der Waals surface area contributed by atoms with E-state index in [0.717, 1.165) is 29.0 Å². The molecule has 1 aromatic heterocycles. The highest BCUT2D eigenvalue weighted by Gasteiger charge is 2.43. The number of benzene rings is 1. The summed E-state index contributed by atoms with van der Waals surface area (Å²) in [5.74, 6) is 0.360. The molecule has 1 unspecified atom stereocenters. The summed E-state index contributed by atoms with van der Waals surface area (Å²) in [5.41, 5.74) is 4.13. The normalized spacial score (nSPS) is 23.2. The molecule has 2 heterocycles. The first-order chi connectivity index (χ1) is 14.9. The van der Waals surface area contributed by atoms with E-state index in [1.807, 2.05) is 44.2 Å². The molecule has 3 atom stereocenters. The highest BCUT2D eigenvalue weighted by atomic mass is 16.5. The number of Topliss-reactive ketones (excluding diaryl/α,β-unsaturated/α-hetero) is 1. The van der Waals surface area contributed by atoms with Crippen molar-refractivity contribution in [1.29, 1.82) is 0 Å². The van der Waals surface area contributed by atoms with Crippen LogP contribution in [0.4, 0.5) is 5.82 Å². The number of aliphatic imine (C=N–C) groups is 1. The molecular weight excluding hydrogens is 390 g/mol. The number of allylic oxidation sites excluding steroid dienone is 2. The third-order valence-electron chi connectivity index (χ3n) is 6.01. The molecule has 0 spiro atoms. The predicted octanol–water partition coefficient (Wildman–Crippen LogP) is 4.46. The maximum absolute atomic E-state index is 13.4. The lowest BCUT2D eigenvalue weighted by atomic mass is 9.70. The molecule has 2 aromatic rings. The van der Waals surface area contributed by atoms with Gasteiger partial charge in [-0.25, -0.2) is 4.98 Å². The number of hydrogen-bond donors (Lipinski definition) is 1. The average molecular weight is 418 g/mol. The van der Waals surface area contributed by atoms with Crippen LogP contribution in [0.3, 0.4) is 0 Å². The molecule has 6 nitrogen and oxygen atoms in total. The minimum Gasteiger partial charge on any atom is -0.497 e. The lowest BCUT2D eigenvalue weighted by molar-refractivity contribution is -0.119. The van der Waals surface area contributed by atoms with Crippen LogP contribution in [0.25, 0.3) is 0 Å². The van der Waals surface area contributed by atoms with Crippen molar-refractivity contribution < 1.29 is 14.3 Å². The van der Waals surface area contributed by atoms with Gasteiger partial charge in [-0.15, -0.1) is 0 Å². The van der Waals surface area contributed by atoms with Gasteiger partial charge in [-0.1, -0.05) is 25.1 Å². The summed E-state index contributed by atoms with van der Waals surface area (Å²) in [6.07, 6.45) is 2.94. The number of anilines is 1. The summed E-state index contributed by atoms with van der Waals surface area (Å²) >= 11 is 0. The molecule has 0 bridgehead atoms. The maximum atomic E-state index is 13.4. The number of aryl methyl sites for hydroxylation is 1. The number of carbonyl (C=O) groups is 2. The van der Waals surface area contributed by atoms with Crippen LogP contribution in [0.2, 0.25) is 0 Å². The molecule has 0 radical (unpaired) electrons. The zero-order valence-electron chi connectivity index (χ0n) is 18.3. The Morgan fingerprint density at radius 1 is 1.10 bits per heavy atom. The fourth-order valence-electron chi connectivity index (χ4n) is 4.51. The van der Waals surface area contributed by atoms with Gasteiger partial charge >= 0.3 is 0 Å². The van der Waals surface area contributed by atoms with Crippen molar-refractivity contribution in [3.05, 3.63) is 65.0 Å². The van der Waals surface area contributed by atoms with Crippen LogP contribution in [-0.2, 0) is 9.59 Å². The number of aromatic nitrogens is 1. The van der Waals surface area contributed by atoms with Crippen molar-refractivity contribution in [2.45, 2.75) is 39.5 Å². The van der Waals surface area contributed by atoms with Gasteiger partial charge in [0.2, 0.25) is 5.91 Å². The van der Waals surface area contributed by atoms with Crippen LogP contribution < -0.4 is 10.1 Å². The highest BCUT2D eigenvalue weighted by molar-refractivity contribution is 6.13. The van der Waals surface area contributed by atoms with E-state index < -0.39 is 5.92 Å². The summed E-state index contributed by atoms with van der Waals surface area (Å²) in [7, 11) is 1.62. The molecule has 6 heteroatoms. The van der Waals surface area contributed by atoms with Crippen molar-refractivity contribution in [2.75, 3.05) is 12.4 Å². The molecule has 1 aliphatic heterocycles. The zero-order chi connectivity index (χ0) is 22.1. The Hall–Kier alpha value is -3.28. The number of methoxy groups -OCH3 is 1. The first-order valence-electron chi connectivity index (χ1n) is 10.6. The first-order valence-corrected chi connectivity index (χ1v) is 10.6.